The lowest BCUT2D eigenvalue weighted by molar-refractivity contribution is -0.145. The molecule has 0 aliphatic carbocycles. The topological polar surface area (TPSA) is 68.2 Å². The first kappa shape index (κ1) is 18.8. The van der Waals surface area contributed by atoms with E-state index in [-0.39, 0.29) is 12.5 Å². The Morgan fingerprint density at radius 2 is 2.21 bits per heavy atom. The molecule has 0 atom stereocenters. The number of carbonyl (C=O) groups excluding carboxylic acids is 2. The number of amides is 1. The van der Waals surface area contributed by atoms with Gasteiger partial charge in [0.15, 0.2) is 11.8 Å². The number of benzene rings is 1. The molecule has 0 spiro atoms. The Balaban J connectivity index is 2.11. The number of thioether (sulfide) groups is 1. The number of aliphatic imine (C=N–C) groups is 1. The molecule has 1 aliphatic rings. The van der Waals surface area contributed by atoms with E-state index in [1.807, 2.05) is 18.2 Å². The van der Waals surface area contributed by atoms with Gasteiger partial charge in [0.25, 0.3) is 5.91 Å². The third kappa shape index (κ3) is 4.50. The highest BCUT2D eigenvalue weighted by Crippen LogP contribution is 2.32. The maximum atomic E-state index is 12.1. The molecule has 24 heavy (non-hydrogen) atoms. The standard InChI is InChI=1S/C16H17IN2O4S/c1-4-22-14(20)9-23-12-6-5-10(7-11(12)17)8-13-15(21)19(3)16(18-2)24-13/h5-8H,4,9H2,1-3H3/b13-8-,18-16?. The van der Waals surface area contributed by atoms with Gasteiger partial charge in [-0.25, -0.2) is 4.79 Å². The minimum absolute atomic E-state index is 0.0711. The fourth-order valence-electron chi connectivity index (χ4n) is 1.96. The highest BCUT2D eigenvalue weighted by molar-refractivity contribution is 14.1. The Labute approximate surface area is 158 Å². The molecule has 1 fully saturated rings. The predicted octanol–water partition coefficient (Wildman–Crippen LogP) is 2.77. The summed E-state index contributed by atoms with van der Waals surface area (Å²) in [6.07, 6.45) is 1.82. The van der Waals surface area contributed by atoms with Gasteiger partial charge in [0.05, 0.1) is 15.1 Å². The summed E-state index contributed by atoms with van der Waals surface area (Å²) >= 11 is 3.47. The molecular weight excluding hydrogens is 443 g/mol. The highest BCUT2D eigenvalue weighted by atomic mass is 127. The Hall–Kier alpha value is -1.55. The van der Waals surface area contributed by atoms with Crippen LogP contribution in [0.1, 0.15) is 12.5 Å². The molecule has 1 amide bonds. The number of hydrogen-bond donors (Lipinski definition) is 0. The first-order valence-electron chi connectivity index (χ1n) is 7.18. The molecule has 0 N–H and O–H groups in total. The number of amidine groups is 1. The minimum atomic E-state index is -0.401. The normalized spacial score (nSPS) is 17.7. The van der Waals surface area contributed by atoms with Gasteiger partial charge in [0.2, 0.25) is 0 Å². The number of ether oxygens (including phenoxy) is 2. The van der Waals surface area contributed by atoms with E-state index in [9.17, 15) is 9.59 Å². The van der Waals surface area contributed by atoms with Crippen LogP contribution in [0.25, 0.3) is 6.08 Å². The van der Waals surface area contributed by atoms with Crippen molar-refractivity contribution in [3.05, 3.63) is 32.2 Å². The number of esters is 1. The molecule has 6 nitrogen and oxygen atoms in total. The maximum absolute atomic E-state index is 12.1. The molecule has 1 aliphatic heterocycles. The molecule has 1 saturated heterocycles. The van der Waals surface area contributed by atoms with Crippen molar-refractivity contribution in [1.29, 1.82) is 0 Å². The number of hydrogen-bond acceptors (Lipinski definition) is 6. The Kier molecular flexibility index (Phi) is 6.67. The van der Waals surface area contributed by atoms with E-state index in [1.54, 1.807) is 27.1 Å². The van der Waals surface area contributed by atoms with Gasteiger partial charge in [-0.15, -0.1) is 0 Å². The summed E-state index contributed by atoms with van der Waals surface area (Å²) in [4.78, 5) is 29.7. The van der Waals surface area contributed by atoms with Gasteiger partial charge in [0, 0.05) is 14.1 Å². The number of rotatable bonds is 5. The Bertz CT molecular complexity index is 718. The zero-order valence-electron chi connectivity index (χ0n) is 13.5. The minimum Gasteiger partial charge on any atom is -0.481 e. The third-order valence-corrected chi connectivity index (χ3v) is 5.09. The maximum Gasteiger partial charge on any atom is 0.344 e. The van der Waals surface area contributed by atoms with E-state index < -0.39 is 5.97 Å². The van der Waals surface area contributed by atoms with Crippen molar-refractivity contribution in [2.24, 2.45) is 4.99 Å². The average Bonchev–Trinajstić information content (AvgIpc) is 2.82. The smallest absolute Gasteiger partial charge is 0.344 e. The van der Waals surface area contributed by atoms with Crippen molar-refractivity contribution in [1.82, 2.24) is 4.90 Å². The predicted molar refractivity (Wildman–Crippen MR) is 103 cm³/mol. The lowest BCUT2D eigenvalue weighted by Gasteiger charge is -2.08. The Morgan fingerprint density at radius 3 is 2.79 bits per heavy atom. The lowest BCUT2D eigenvalue weighted by atomic mass is 10.2. The molecule has 8 heteroatoms. The van der Waals surface area contributed by atoms with Crippen molar-refractivity contribution in [2.75, 3.05) is 27.3 Å². The van der Waals surface area contributed by atoms with Crippen LogP contribution in [0.3, 0.4) is 0 Å². The van der Waals surface area contributed by atoms with Crippen LogP contribution in [0.5, 0.6) is 5.75 Å². The van der Waals surface area contributed by atoms with Crippen LogP contribution in [-0.4, -0.2) is 49.3 Å². The average molecular weight is 460 g/mol. The summed E-state index contributed by atoms with van der Waals surface area (Å²) in [5.74, 6) is 0.129. The largest absolute Gasteiger partial charge is 0.481 e. The monoisotopic (exact) mass is 460 g/mol. The van der Waals surface area contributed by atoms with E-state index in [0.29, 0.717) is 22.4 Å². The summed E-state index contributed by atoms with van der Waals surface area (Å²) in [7, 11) is 3.36. The van der Waals surface area contributed by atoms with Gasteiger partial charge in [-0.1, -0.05) is 6.07 Å². The summed E-state index contributed by atoms with van der Waals surface area (Å²) in [5, 5.41) is 0.676. The number of carbonyl (C=O) groups is 2. The SMILES string of the molecule is CCOC(=O)COc1ccc(/C=C2\SC(=NC)N(C)C2=O)cc1I. The van der Waals surface area contributed by atoms with Crippen molar-refractivity contribution in [2.45, 2.75) is 6.92 Å². The molecule has 0 bridgehead atoms. The van der Waals surface area contributed by atoms with Crippen LogP contribution in [0.4, 0.5) is 0 Å². The lowest BCUT2D eigenvalue weighted by Crippen LogP contribution is -2.23. The van der Waals surface area contributed by atoms with Crippen molar-refractivity contribution in [3.63, 3.8) is 0 Å². The van der Waals surface area contributed by atoms with Gasteiger partial charge in [-0.3, -0.25) is 14.7 Å². The van der Waals surface area contributed by atoms with Crippen LogP contribution in [0, 0.1) is 3.57 Å². The first-order valence-corrected chi connectivity index (χ1v) is 9.08. The second-order valence-electron chi connectivity index (χ2n) is 4.76. The van der Waals surface area contributed by atoms with E-state index >= 15 is 0 Å². The highest BCUT2D eigenvalue weighted by Gasteiger charge is 2.29. The van der Waals surface area contributed by atoms with E-state index in [0.717, 1.165) is 9.13 Å². The van der Waals surface area contributed by atoms with Gasteiger partial charge < -0.3 is 9.47 Å². The van der Waals surface area contributed by atoms with E-state index in [4.69, 9.17) is 9.47 Å². The van der Waals surface area contributed by atoms with Crippen molar-refractivity contribution in [3.8, 4) is 5.75 Å². The molecular formula is C16H17IN2O4S. The van der Waals surface area contributed by atoms with Crippen LogP contribution < -0.4 is 4.74 Å². The van der Waals surface area contributed by atoms with Gasteiger partial charge in [-0.05, 0) is 65.0 Å². The van der Waals surface area contributed by atoms with E-state index in [2.05, 4.69) is 27.6 Å². The summed E-state index contributed by atoms with van der Waals surface area (Å²) in [6.45, 7) is 1.95. The van der Waals surface area contributed by atoms with Crippen molar-refractivity contribution >= 4 is 57.5 Å². The zero-order valence-corrected chi connectivity index (χ0v) is 16.5. The molecule has 1 aromatic rings. The number of halogens is 1. The van der Waals surface area contributed by atoms with E-state index in [1.165, 1.54) is 16.7 Å². The van der Waals surface area contributed by atoms with Crippen molar-refractivity contribution < 1.29 is 19.1 Å². The summed E-state index contributed by atoms with van der Waals surface area (Å²) in [6, 6.07) is 5.50. The number of nitrogens with zero attached hydrogens (tertiary/aromatic N) is 2. The second-order valence-corrected chi connectivity index (χ2v) is 6.94. The molecule has 2 rings (SSSR count). The van der Waals surface area contributed by atoms with Gasteiger partial charge in [-0.2, -0.15) is 0 Å². The van der Waals surface area contributed by atoms with Crippen LogP contribution >= 0.6 is 34.4 Å². The van der Waals surface area contributed by atoms with Crippen LogP contribution in [0.15, 0.2) is 28.1 Å². The quantitative estimate of drug-likeness (QED) is 0.384. The summed E-state index contributed by atoms with van der Waals surface area (Å²) < 4.78 is 11.1. The third-order valence-electron chi connectivity index (χ3n) is 3.10. The van der Waals surface area contributed by atoms with Crippen LogP contribution in [0.2, 0.25) is 0 Å². The molecule has 0 unspecified atom stereocenters. The number of likely N-dealkylation sites (N-methyl/N-ethyl adjacent to an activating group) is 1. The fraction of sp³-hybridized carbons (Fsp3) is 0.312. The summed E-state index contributed by atoms with van der Waals surface area (Å²) in [5.41, 5.74) is 0.879. The van der Waals surface area contributed by atoms with Gasteiger partial charge in [0.1, 0.15) is 5.75 Å². The fourth-order valence-corrected chi connectivity index (χ4v) is 3.59. The molecule has 1 aromatic carbocycles. The molecule has 1 heterocycles. The first-order chi connectivity index (χ1) is 11.5. The molecule has 0 saturated carbocycles. The zero-order chi connectivity index (χ0) is 17.7. The van der Waals surface area contributed by atoms with Gasteiger partial charge >= 0.3 is 5.97 Å². The molecule has 0 radical (unpaired) electrons. The Morgan fingerprint density at radius 1 is 1.46 bits per heavy atom. The molecule has 128 valence electrons. The van der Waals surface area contributed by atoms with Crippen LogP contribution in [-0.2, 0) is 14.3 Å². The molecule has 0 aromatic heterocycles. The second kappa shape index (κ2) is 8.52.